The van der Waals surface area contributed by atoms with Crippen molar-refractivity contribution in [2.45, 2.75) is 32.5 Å². The molecule has 0 radical (unpaired) electrons. The summed E-state index contributed by atoms with van der Waals surface area (Å²) >= 11 is 1.30. The lowest BCUT2D eigenvalue weighted by Gasteiger charge is -2.13. The van der Waals surface area contributed by atoms with Gasteiger partial charge in [0.15, 0.2) is 11.0 Å². The van der Waals surface area contributed by atoms with Gasteiger partial charge in [0, 0.05) is 16.9 Å². The van der Waals surface area contributed by atoms with E-state index >= 15 is 0 Å². The molecule has 2 amide bonds. The Morgan fingerprint density at radius 3 is 2.46 bits per heavy atom. The van der Waals surface area contributed by atoms with E-state index in [1.807, 2.05) is 110 Å². The van der Waals surface area contributed by atoms with Crippen molar-refractivity contribution >= 4 is 40.0 Å². The third kappa shape index (κ3) is 6.02. The van der Waals surface area contributed by atoms with Gasteiger partial charge in [-0.15, -0.1) is 10.2 Å². The van der Waals surface area contributed by atoms with Crippen molar-refractivity contribution in [2.24, 2.45) is 0 Å². The Hall–Kier alpha value is -4.43. The molecule has 0 aliphatic heterocycles. The fourth-order valence-corrected chi connectivity index (χ4v) is 5.17. The number of nitrogens with zero attached hydrogens (tertiary/aromatic N) is 3. The summed E-state index contributed by atoms with van der Waals surface area (Å²) in [5, 5.41) is 17.2. The van der Waals surface area contributed by atoms with Crippen LogP contribution in [0.3, 0.4) is 0 Å². The molecule has 0 fully saturated rings. The third-order valence-corrected chi connectivity index (χ3v) is 7.33. The number of aromatic nitrogens is 3. The summed E-state index contributed by atoms with van der Waals surface area (Å²) < 4.78 is 1.90. The normalized spacial score (nSPS) is 10.9. The molecule has 196 valence electrons. The second-order valence-corrected chi connectivity index (χ2v) is 10.4. The third-order valence-electron chi connectivity index (χ3n) is 6.40. The lowest BCUT2D eigenvalue weighted by atomic mass is 10.0. The lowest BCUT2D eigenvalue weighted by Crippen LogP contribution is -2.25. The Kier molecular flexibility index (Phi) is 7.74. The van der Waals surface area contributed by atoms with Gasteiger partial charge in [0.2, 0.25) is 5.91 Å². The van der Waals surface area contributed by atoms with Crippen molar-refractivity contribution in [3.8, 4) is 5.69 Å². The molecule has 0 bridgehead atoms. The maximum absolute atomic E-state index is 13.2. The fraction of sp³-hybridized carbons (Fsp3) is 0.161. The Morgan fingerprint density at radius 1 is 0.846 bits per heavy atom. The molecule has 2 N–H and O–H groups in total. The largest absolute Gasteiger partial charge is 0.345 e. The minimum Gasteiger partial charge on any atom is -0.345 e. The van der Waals surface area contributed by atoms with Crippen LogP contribution in [0.1, 0.15) is 32.9 Å². The van der Waals surface area contributed by atoms with Crippen LogP contribution in [0.25, 0.3) is 16.5 Å². The number of carbonyl (C=O) groups excluding carboxylic acids is 2. The minimum atomic E-state index is -0.187. The molecule has 8 heteroatoms. The van der Waals surface area contributed by atoms with Gasteiger partial charge >= 0.3 is 0 Å². The van der Waals surface area contributed by atoms with Gasteiger partial charge < -0.3 is 10.6 Å². The van der Waals surface area contributed by atoms with E-state index in [4.69, 9.17) is 0 Å². The zero-order chi connectivity index (χ0) is 27.4. The number of anilines is 1. The number of nitrogens with one attached hydrogen (secondary N) is 2. The SMILES string of the molecule is Cc1cccc(-n2c(CNC(=O)c3cccc4ccccc34)nnc2SCC(=O)Nc2cc(C)ccc2C)c1. The average molecular weight is 536 g/mol. The second-order valence-electron chi connectivity index (χ2n) is 9.44. The van der Waals surface area contributed by atoms with Gasteiger partial charge in [0.25, 0.3) is 5.91 Å². The zero-order valence-corrected chi connectivity index (χ0v) is 22.9. The molecule has 39 heavy (non-hydrogen) atoms. The maximum Gasteiger partial charge on any atom is 0.252 e. The summed E-state index contributed by atoms with van der Waals surface area (Å²) in [6.45, 7) is 6.16. The lowest BCUT2D eigenvalue weighted by molar-refractivity contribution is -0.113. The monoisotopic (exact) mass is 535 g/mol. The van der Waals surface area contributed by atoms with E-state index in [9.17, 15) is 9.59 Å². The van der Waals surface area contributed by atoms with Gasteiger partial charge in [-0.25, -0.2) is 0 Å². The molecule has 5 aromatic rings. The van der Waals surface area contributed by atoms with Gasteiger partial charge in [0.1, 0.15) is 0 Å². The standard InChI is InChI=1S/C31H29N5O2S/c1-20-8-6-11-24(16-20)36-28(18-32-30(38)26-13-7-10-23-9-4-5-12-25(23)26)34-35-31(36)39-19-29(37)33-27-17-21(2)14-15-22(27)3/h4-17H,18-19H2,1-3H3,(H,32,38)(H,33,37). The number of aryl methyl sites for hydroxylation is 3. The number of hydrogen-bond acceptors (Lipinski definition) is 5. The van der Waals surface area contributed by atoms with Crippen LogP contribution in [-0.4, -0.2) is 32.3 Å². The summed E-state index contributed by atoms with van der Waals surface area (Å²) in [6, 6.07) is 27.4. The first-order valence-corrected chi connectivity index (χ1v) is 13.6. The Balaban J connectivity index is 1.35. The highest BCUT2D eigenvalue weighted by Crippen LogP contribution is 2.24. The van der Waals surface area contributed by atoms with Crippen molar-refractivity contribution in [3.63, 3.8) is 0 Å². The van der Waals surface area contributed by atoms with Gasteiger partial charge in [-0.3, -0.25) is 14.2 Å². The number of thioether (sulfide) groups is 1. The highest BCUT2D eigenvalue weighted by atomic mass is 32.2. The van der Waals surface area contributed by atoms with Crippen LogP contribution >= 0.6 is 11.8 Å². The predicted octanol–water partition coefficient (Wildman–Crippen LogP) is 6.01. The molecule has 0 saturated carbocycles. The molecule has 0 spiro atoms. The highest BCUT2D eigenvalue weighted by molar-refractivity contribution is 7.99. The average Bonchev–Trinajstić information content (AvgIpc) is 3.35. The van der Waals surface area contributed by atoms with Crippen molar-refractivity contribution in [1.82, 2.24) is 20.1 Å². The smallest absolute Gasteiger partial charge is 0.252 e. The van der Waals surface area contributed by atoms with E-state index < -0.39 is 0 Å². The van der Waals surface area contributed by atoms with Gasteiger partial charge in [0.05, 0.1) is 12.3 Å². The second kappa shape index (κ2) is 11.5. The molecule has 1 aromatic heterocycles. The van der Waals surface area contributed by atoms with Crippen molar-refractivity contribution in [1.29, 1.82) is 0 Å². The number of fused-ring (bicyclic) bond motifs is 1. The number of rotatable bonds is 8. The molecule has 4 aromatic carbocycles. The highest BCUT2D eigenvalue weighted by Gasteiger charge is 2.18. The van der Waals surface area contributed by atoms with Crippen LogP contribution in [0.4, 0.5) is 5.69 Å². The fourth-order valence-electron chi connectivity index (χ4n) is 4.40. The molecule has 0 unspecified atom stereocenters. The Morgan fingerprint density at radius 2 is 1.62 bits per heavy atom. The molecule has 5 rings (SSSR count). The van der Waals surface area contributed by atoms with E-state index in [2.05, 4.69) is 20.8 Å². The van der Waals surface area contributed by atoms with Gasteiger partial charge in [-0.1, -0.05) is 72.4 Å². The van der Waals surface area contributed by atoms with Crippen LogP contribution in [0, 0.1) is 20.8 Å². The van der Waals surface area contributed by atoms with Crippen molar-refractivity contribution < 1.29 is 9.59 Å². The van der Waals surface area contributed by atoms with E-state index in [1.165, 1.54) is 11.8 Å². The summed E-state index contributed by atoms with van der Waals surface area (Å²) in [4.78, 5) is 25.9. The quantitative estimate of drug-likeness (QED) is 0.238. The maximum atomic E-state index is 13.2. The van der Waals surface area contributed by atoms with Crippen LogP contribution in [0.5, 0.6) is 0 Å². The number of benzene rings is 4. The van der Waals surface area contributed by atoms with Crippen LogP contribution in [0.15, 0.2) is 90.1 Å². The molecule has 7 nitrogen and oxygen atoms in total. The van der Waals surface area contributed by atoms with E-state index in [1.54, 1.807) is 0 Å². The molecular formula is C31H29N5O2S. The summed E-state index contributed by atoms with van der Waals surface area (Å²) in [5.74, 6) is 0.428. The number of carbonyl (C=O) groups is 2. The zero-order valence-electron chi connectivity index (χ0n) is 22.1. The topological polar surface area (TPSA) is 88.9 Å². The molecule has 0 saturated heterocycles. The Labute approximate surface area is 231 Å². The molecule has 0 aliphatic rings. The van der Waals surface area contributed by atoms with E-state index in [0.29, 0.717) is 16.5 Å². The summed E-state index contributed by atoms with van der Waals surface area (Å²) in [7, 11) is 0. The summed E-state index contributed by atoms with van der Waals surface area (Å²) in [5.41, 5.74) is 5.44. The number of amides is 2. The minimum absolute atomic E-state index is 0.127. The van der Waals surface area contributed by atoms with Gasteiger partial charge in [-0.05, 0) is 72.5 Å². The summed E-state index contributed by atoms with van der Waals surface area (Å²) in [6.07, 6.45) is 0. The van der Waals surface area contributed by atoms with E-state index in [0.717, 1.165) is 38.8 Å². The molecular weight excluding hydrogens is 506 g/mol. The Bertz CT molecular complexity index is 1670. The van der Waals surface area contributed by atoms with Gasteiger partial charge in [-0.2, -0.15) is 0 Å². The van der Waals surface area contributed by atoms with Crippen LogP contribution in [-0.2, 0) is 11.3 Å². The first-order valence-electron chi connectivity index (χ1n) is 12.7. The van der Waals surface area contributed by atoms with E-state index in [-0.39, 0.29) is 24.1 Å². The van der Waals surface area contributed by atoms with Crippen molar-refractivity contribution in [3.05, 3.63) is 113 Å². The first-order chi connectivity index (χ1) is 18.9. The van der Waals surface area contributed by atoms with Crippen LogP contribution < -0.4 is 10.6 Å². The molecule has 0 aliphatic carbocycles. The number of hydrogen-bond donors (Lipinski definition) is 2. The van der Waals surface area contributed by atoms with Crippen LogP contribution in [0.2, 0.25) is 0 Å². The first kappa shape index (κ1) is 26.2. The molecule has 1 heterocycles. The van der Waals surface area contributed by atoms with Crippen molar-refractivity contribution in [2.75, 3.05) is 11.1 Å². The predicted molar refractivity (Wildman–Crippen MR) is 156 cm³/mol. The molecule has 0 atom stereocenters.